The van der Waals surface area contributed by atoms with Gasteiger partial charge in [0.05, 0.1) is 16.6 Å². The molecule has 0 radical (unpaired) electrons. The zero-order chi connectivity index (χ0) is 20.4. The first kappa shape index (κ1) is 18.1. The summed E-state index contributed by atoms with van der Waals surface area (Å²) < 4.78 is 42.0. The van der Waals surface area contributed by atoms with Gasteiger partial charge in [0.25, 0.3) is 0 Å². The predicted molar refractivity (Wildman–Crippen MR) is 98.7 cm³/mol. The number of nitrogens with one attached hydrogen (secondary N) is 1. The van der Waals surface area contributed by atoms with Crippen LogP contribution < -0.4 is 0 Å². The largest absolute Gasteiger partial charge is 0.476 e. The Morgan fingerprint density at radius 3 is 2.43 bits per heavy atom. The van der Waals surface area contributed by atoms with Gasteiger partial charge < -0.3 is 10.1 Å². The van der Waals surface area contributed by atoms with E-state index in [1.165, 1.54) is 11.3 Å². The Balaban J connectivity index is 2.12. The predicted octanol–water partition coefficient (Wildman–Crippen LogP) is 5.12. The van der Waals surface area contributed by atoms with Crippen LogP contribution in [0.5, 0.6) is 0 Å². The van der Waals surface area contributed by atoms with Gasteiger partial charge in [-0.05, 0) is 55.7 Å². The van der Waals surface area contributed by atoms with Crippen LogP contribution in [0.4, 0.5) is 13.2 Å². The molecule has 0 bridgehead atoms. The minimum Gasteiger partial charge on any atom is -0.476 e. The number of para-hydroxylation sites is 2. The summed E-state index contributed by atoms with van der Waals surface area (Å²) in [5.74, 6) is -1.00. The number of benzene rings is 2. The summed E-state index contributed by atoms with van der Waals surface area (Å²) in [7, 11) is 0. The topological polar surface area (TPSA) is 70.4 Å². The highest BCUT2D eigenvalue weighted by molar-refractivity contribution is 5.98. The molecule has 0 aliphatic heterocycles. The number of alkyl halides is 3. The van der Waals surface area contributed by atoms with Gasteiger partial charge in [0.1, 0.15) is 5.69 Å². The first-order chi connectivity index (χ1) is 13.1. The summed E-state index contributed by atoms with van der Waals surface area (Å²) in [6.07, 6.45) is -4.55. The highest BCUT2D eigenvalue weighted by Crippen LogP contribution is 2.39. The normalized spacial score (nSPS) is 12.2. The van der Waals surface area contributed by atoms with Crippen molar-refractivity contribution in [2.75, 3.05) is 0 Å². The number of hydrogen-bond donors (Lipinski definition) is 2. The van der Waals surface area contributed by atoms with E-state index in [2.05, 4.69) is 9.97 Å². The highest BCUT2D eigenvalue weighted by atomic mass is 19.4. The van der Waals surface area contributed by atoms with Crippen LogP contribution in [-0.4, -0.2) is 25.4 Å². The van der Waals surface area contributed by atoms with E-state index >= 15 is 0 Å². The van der Waals surface area contributed by atoms with Crippen LogP contribution >= 0.6 is 0 Å². The lowest BCUT2D eigenvalue weighted by Gasteiger charge is -2.17. The molecule has 2 aromatic carbocycles. The van der Waals surface area contributed by atoms with Crippen LogP contribution in [0.25, 0.3) is 28.1 Å². The molecule has 0 unspecified atom stereocenters. The molecule has 0 spiro atoms. The number of fused-ring (bicyclic) bond motifs is 3. The van der Waals surface area contributed by atoms with Crippen molar-refractivity contribution in [3.05, 3.63) is 58.3 Å². The van der Waals surface area contributed by atoms with E-state index in [0.717, 1.165) is 6.07 Å². The molecule has 5 nitrogen and oxygen atoms in total. The molecule has 2 N–H and O–H groups in total. The third-order valence-corrected chi connectivity index (χ3v) is 5.25. The molecule has 0 amide bonds. The molecule has 0 fully saturated rings. The number of H-pyrrole nitrogens is 1. The molecule has 4 rings (SSSR count). The Bertz CT molecular complexity index is 1270. The molecule has 0 saturated carbocycles. The molecular formula is C20H16F3N3O2. The SMILES string of the molecule is Cc1c(-c2nc3[nH]c4ccccc4n3c2C(=O)O)cc(C(F)(F)F)c(C)c1C. The number of imidazole rings is 2. The Hall–Kier alpha value is -3.29. The molecule has 2 heterocycles. The maximum Gasteiger partial charge on any atom is 0.416 e. The number of aromatic carboxylic acids is 1. The molecule has 0 aliphatic rings. The van der Waals surface area contributed by atoms with Crippen molar-refractivity contribution < 1.29 is 23.1 Å². The van der Waals surface area contributed by atoms with Crippen molar-refractivity contribution in [3.8, 4) is 11.3 Å². The second-order valence-corrected chi connectivity index (χ2v) is 6.76. The first-order valence-electron chi connectivity index (χ1n) is 8.52. The summed E-state index contributed by atoms with van der Waals surface area (Å²) in [5, 5.41) is 9.84. The molecule has 2 aromatic heterocycles. The van der Waals surface area contributed by atoms with Gasteiger partial charge in [0, 0.05) is 5.56 Å². The molecule has 0 saturated heterocycles. The maximum atomic E-state index is 13.5. The standard InChI is InChI=1S/C20H16F3N3O2/c1-9-10(2)12(8-13(11(9)3)20(21,22)23)16-17(18(27)28)26-15-7-5-4-6-14(15)24-19(26)25-16/h4-8H,1-3H3,(H,24,25)(H,27,28). The zero-order valence-electron chi connectivity index (χ0n) is 15.3. The number of carboxylic acid groups (broad SMARTS) is 1. The number of aromatic nitrogens is 3. The maximum absolute atomic E-state index is 13.5. The lowest BCUT2D eigenvalue weighted by atomic mass is 9.91. The van der Waals surface area contributed by atoms with E-state index in [-0.39, 0.29) is 28.3 Å². The summed E-state index contributed by atoms with van der Waals surface area (Å²) in [4.78, 5) is 19.4. The molecule has 0 atom stereocenters. The summed E-state index contributed by atoms with van der Waals surface area (Å²) >= 11 is 0. The Morgan fingerprint density at radius 2 is 1.79 bits per heavy atom. The van der Waals surface area contributed by atoms with Gasteiger partial charge in [-0.2, -0.15) is 13.2 Å². The minimum atomic E-state index is -4.55. The number of rotatable bonds is 2. The number of carboxylic acids is 1. The lowest BCUT2D eigenvalue weighted by Crippen LogP contribution is -2.11. The number of aromatic amines is 1. The van der Waals surface area contributed by atoms with E-state index in [1.54, 1.807) is 38.1 Å². The van der Waals surface area contributed by atoms with Crippen LogP contribution in [0.2, 0.25) is 0 Å². The summed E-state index contributed by atoms with van der Waals surface area (Å²) in [6.45, 7) is 4.69. The van der Waals surface area contributed by atoms with Gasteiger partial charge in [0.2, 0.25) is 5.78 Å². The van der Waals surface area contributed by atoms with Gasteiger partial charge in [0.15, 0.2) is 5.69 Å². The molecule has 28 heavy (non-hydrogen) atoms. The lowest BCUT2D eigenvalue weighted by molar-refractivity contribution is -0.138. The van der Waals surface area contributed by atoms with E-state index in [0.29, 0.717) is 22.2 Å². The molecule has 8 heteroatoms. The van der Waals surface area contributed by atoms with E-state index < -0.39 is 17.7 Å². The zero-order valence-corrected chi connectivity index (χ0v) is 15.3. The Morgan fingerprint density at radius 1 is 1.11 bits per heavy atom. The summed E-state index contributed by atoms with van der Waals surface area (Å²) in [6, 6.07) is 8.05. The third-order valence-electron chi connectivity index (χ3n) is 5.25. The quantitative estimate of drug-likeness (QED) is 0.501. The molecule has 4 aromatic rings. The smallest absolute Gasteiger partial charge is 0.416 e. The van der Waals surface area contributed by atoms with Crippen molar-refractivity contribution in [1.82, 2.24) is 14.4 Å². The fourth-order valence-corrected chi connectivity index (χ4v) is 3.61. The van der Waals surface area contributed by atoms with Gasteiger partial charge in [-0.3, -0.25) is 4.40 Å². The fourth-order valence-electron chi connectivity index (χ4n) is 3.61. The van der Waals surface area contributed by atoms with Crippen molar-refractivity contribution in [1.29, 1.82) is 0 Å². The van der Waals surface area contributed by atoms with E-state index in [9.17, 15) is 23.1 Å². The molecule has 0 aliphatic carbocycles. The van der Waals surface area contributed by atoms with Crippen molar-refractivity contribution >= 4 is 22.8 Å². The monoisotopic (exact) mass is 387 g/mol. The summed E-state index contributed by atoms with van der Waals surface area (Å²) in [5.41, 5.74) is 1.64. The van der Waals surface area contributed by atoms with Crippen LogP contribution in [-0.2, 0) is 6.18 Å². The number of hydrogen-bond acceptors (Lipinski definition) is 2. The van der Waals surface area contributed by atoms with Gasteiger partial charge >= 0.3 is 12.1 Å². The Labute approximate surface area is 157 Å². The van der Waals surface area contributed by atoms with Crippen LogP contribution in [0.15, 0.2) is 30.3 Å². The second-order valence-electron chi connectivity index (χ2n) is 6.76. The van der Waals surface area contributed by atoms with Crippen LogP contribution in [0.1, 0.15) is 32.7 Å². The third kappa shape index (κ3) is 2.48. The second kappa shape index (κ2) is 5.85. The van der Waals surface area contributed by atoms with Crippen LogP contribution in [0, 0.1) is 20.8 Å². The van der Waals surface area contributed by atoms with Crippen molar-refractivity contribution in [2.24, 2.45) is 0 Å². The fraction of sp³-hybridized carbons (Fsp3) is 0.200. The minimum absolute atomic E-state index is 0.00982. The number of nitrogens with zero attached hydrogens (tertiary/aromatic N) is 2. The average Bonchev–Trinajstić information content (AvgIpc) is 3.14. The van der Waals surface area contributed by atoms with Crippen LogP contribution in [0.3, 0.4) is 0 Å². The van der Waals surface area contributed by atoms with Gasteiger partial charge in [-0.1, -0.05) is 12.1 Å². The van der Waals surface area contributed by atoms with Gasteiger partial charge in [-0.15, -0.1) is 0 Å². The van der Waals surface area contributed by atoms with E-state index in [4.69, 9.17) is 0 Å². The molecular weight excluding hydrogens is 371 g/mol. The Kier molecular flexibility index (Phi) is 3.78. The average molecular weight is 387 g/mol. The van der Waals surface area contributed by atoms with Crippen molar-refractivity contribution in [2.45, 2.75) is 26.9 Å². The number of halogens is 3. The number of carbonyl (C=O) groups is 1. The van der Waals surface area contributed by atoms with Crippen molar-refractivity contribution in [3.63, 3.8) is 0 Å². The van der Waals surface area contributed by atoms with Gasteiger partial charge in [-0.25, -0.2) is 9.78 Å². The van der Waals surface area contributed by atoms with E-state index in [1.807, 2.05) is 0 Å². The highest BCUT2D eigenvalue weighted by Gasteiger charge is 2.35. The molecule has 144 valence electrons. The first-order valence-corrected chi connectivity index (χ1v) is 8.52.